The number of likely N-dealkylation sites (tertiary alicyclic amines) is 1. The topological polar surface area (TPSA) is 94.0 Å². The lowest BCUT2D eigenvalue weighted by molar-refractivity contribution is -0.0899. The summed E-state index contributed by atoms with van der Waals surface area (Å²) in [4.78, 5) is 4.67. The summed E-state index contributed by atoms with van der Waals surface area (Å²) in [6.07, 6.45) is -4.27. The second-order valence-corrected chi connectivity index (χ2v) is 9.90. The quantitative estimate of drug-likeness (QED) is 0.463. The van der Waals surface area contributed by atoms with Gasteiger partial charge in [-0.3, -0.25) is 0 Å². The number of benzene rings is 1. The zero-order chi connectivity index (χ0) is 22.3. The lowest BCUT2D eigenvalue weighted by Crippen LogP contribution is -2.52. The van der Waals surface area contributed by atoms with Crippen LogP contribution in [0.3, 0.4) is 0 Å². The van der Waals surface area contributed by atoms with Gasteiger partial charge >= 0.3 is 6.18 Å². The molecule has 1 saturated heterocycles. The third-order valence-corrected chi connectivity index (χ3v) is 6.04. The van der Waals surface area contributed by atoms with Crippen molar-refractivity contribution in [3.63, 3.8) is 0 Å². The van der Waals surface area contributed by atoms with Gasteiger partial charge in [-0.1, -0.05) is 0 Å². The third kappa shape index (κ3) is 5.16. The Morgan fingerprint density at radius 2 is 2.10 bits per heavy atom. The molecular weight excluding hydrogens is 452 g/mol. The van der Waals surface area contributed by atoms with Crippen molar-refractivity contribution in [1.29, 1.82) is 0 Å². The number of nitrogens with zero attached hydrogens (tertiary/aromatic N) is 2. The summed E-state index contributed by atoms with van der Waals surface area (Å²) in [5, 5.41) is 15.4. The van der Waals surface area contributed by atoms with Crippen LogP contribution in [0.2, 0.25) is 0 Å². The molecule has 13 heteroatoms. The highest BCUT2D eigenvalue weighted by atomic mass is 35.7. The van der Waals surface area contributed by atoms with Crippen molar-refractivity contribution in [3.05, 3.63) is 35.4 Å². The van der Waals surface area contributed by atoms with Crippen LogP contribution in [0.1, 0.15) is 19.8 Å². The zero-order valence-electron chi connectivity index (χ0n) is 15.7. The fraction of sp³-hybridized carbons (Fsp3) is 0.471. The van der Waals surface area contributed by atoms with Gasteiger partial charge in [-0.25, -0.2) is 17.8 Å². The fourth-order valence-electron chi connectivity index (χ4n) is 3.32. The molecule has 1 fully saturated rings. The summed E-state index contributed by atoms with van der Waals surface area (Å²) >= 11 is 0. The number of allylic oxidation sites excluding steroid dienone is 1. The molecule has 1 aromatic carbocycles. The van der Waals surface area contributed by atoms with Gasteiger partial charge in [0.2, 0.25) is 0 Å². The summed E-state index contributed by atoms with van der Waals surface area (Å²) in [7, 11) is 1.04. The van der Waals surface area contributed by atoms with Gasteiger partial charge in [-0.15, -0.1) is 0 Å². The van der Waals surface area contributed by atoms with Crippen LogP contribution < -0.4 is 10.6 Å². The van der Waals surface area contributed by atoms with Gasteiger partial charge in [-0.2, -0.15) is 13.2 Å². The minimum Gasteiger partial charge on any atom is -0.388 e. The van der Waals surface area contributed by atoms with E-state index in [1.165, 1.54) is 4.90 Å². The molecule has 0 bridgehead atoms. The predicted molar refractivity (Wildman–Crippen MR) is 103 cm³/mol. The number of aliphatic imine (C=N–C) groups is 1. The first-order chi connectivity index (χ1) is 13.8. The predicted octanol–water partition coefficient (Wildman–Crippen LogP) is 2.74. The molecule has 2 aliphatic heterocycles. The minimum absolute atomic E-state index is 0.0217. The number of nitrogens with one attached hydrogen (secondary N) is 2. The SMILES string of the molecule is C[C@]1(O)CCCN(C2=C(C(F)(F)F)C=NC(Nc3ccc(S(=O)(=O)Cl)cc3F)N2)C1. The Bertz CT molecular complexity index is 995. The number of alkyl halides is 3. The molecule has 2 heterocycles. The Hall–Kier alpha value is -2.05. The van der Waals surface area contributed by atoms with Crippen LogP contribution in [0, 0.1) is 5.82 Å². The van der Waals surface area contributed by atoms with Gasteiger partial charge in [0.25, 0.3) is 9.05 Å². The minimum atomic E-state index is -4.69. The van der Waals surface area contributed by atoms with Crippen LogP contribution in [0.4, 0.5) is 23.2 Å². The van der Waals surface area contributed by atoms with E-state index in [9.17, 15) is 31.1 Å². The molecule has 2 atom stereocenters. The normalized spacial score (nSPS) is 25.3. The Balaban J connectivity index is 1.85. The number of halogens is 5. The number of rotatable bonds is 4. The molecule has 0 spiro atoms. The van der Waals surface area contributed by atoms with Crippen molar-refractivity contribution in [2.75, 3.05) is 18.4 Å². The molecule has 166 valence electrons. The highest BCUT2D eigenvalue weighted by molar-refractivity contribution is 8.13. The smallest absolute Gasteiger partial charge is 0.388 e. The van der Waals surface area contributed by atoms with Crippen molar-refractivity contribution in [3.8, 4) is 0 Å². The molecule has 3 N–H and O–H groups in total. The molecule has 1 unspecified atom stereocenters. The molecule has 3 rings (SSSR count). The average Bonchev–Trinajstić information content (AvgIpc) is 2.60. The van der Waals surface area contributed by atoms with E-state index in [4.69, 9.17) is 10.7 Å². The van der Waals surface area contributed by atoms with Crippen molar-refractivity contribution >= 4 is 31.6 Å². The fourth-order valence-corrected chi connectivity index (χ4v) is 4.08. The molecule has 0 amide bonds. The molecule has 7 nitrogen and oxygen atoms in total. The average molecular weight is 471 g/mol. The first kappa shape index (κ1) is 22.6. The van der Waals surface area contributed by atoms with Crippen molar-refractivity contribution in [2.24, 2.45) is 4.99 Å². The third-order valence-electron chi connectivity index (χ3n) is 4.69. The van der Waals surface area contributed by atoms with E-state index in [0.717, 1.165) is 12.1 Å². The first-order valence-corrected chi connectivity index (χ1v) is 11.2. The molecule has 0 aromatic heterocycles. The summed E-state index contributed by atoms with van der Waals surface area (Å²) in [6.45, 7) is 1.81. The molecule has 30 heavy (non-hydrogen) atoms. The van der Waals surface area contributed by atoms with E-state index < -0.39 is 43.4 Å². The van der Waals surface area contributed by atoms with Crippen LogP contribution in [-0.4, -0.2) is 55.8 Å². The number of hydrogen-bond acceptors (Lipinski definition) is 7. The highest BCUT2D eigenvalue weighted by Gasteiger charge is 2.41. The maximum absolute atomic E-state index is 14.3. The monoisotopic (exact) mass is 470 g/mol. The maximum Gasteiger partial charge on any atom is 0.421 e. The largest absolute Gasteiger partial charge is 0.421 e. The van der Waals surface area contributed by atoms with E-state index in [1.807, 2.05) is 0 Å². The van der Waals surface area contributed by atoms with Gasteiger partial charge in [-0.05, 0) is 38.0 Å². The summed E-state index contributed by atoms with van der Waals surface area (Å²) in [5.74, 6) is -1.25. The van der Waals surface area contributed by atoms with Gasteiger partial charge in [0.15, 0.2) is 6.29 Å². The first-order valence-electron chi connectivity index (χ1n) is 8.85. The van der Waals surface area contributed by atoms with Crippen molar-refractivity contribution < 1.29 is 31.1 Å². The summed E-state index contributed by atoms with van der Waals surface area (Å²) in [5.41, 5.74) is -2.35. The molecule has 1 aromatic rings. The van der Waals surface area contributed by atoms with Crippen LogP contribution in [-0.2, 0) is 9.05 Å². The van der Waals surface area contributed by atoms with Crippen LogP contribution in [0.25, 0.3) is 0 Å². The van der Waals surface area contributed by atoms with Crippen LogP contribution in [0.5, 0.6) is 0 Å². The lowest BCUT2D eigenvalue weighted by atomic mass is 9.95. The molecule has 0 saturated carbocycles. The summed E-state index contributed by atoms with van der Waals surface area (Å²) in [6, 6.07) is 2.84. The Labute approximate surface area is 174 Å². The number of anilines is 1. The second kappa shape index (κ2) is 7.89. The van der Waals surface area contributed by atoms with E-state index in [0.29, 0.717) is 25.1 Å². The highest BCUT2D eigenvalue weighted by Crippen LogP contribution is 2.32. The van der Waals surface area contributed by atoms with E-state index >= 15 is 0 Å². The standard InChI is InChI=1S/C17H19ClF4N4O3S/c1-16(27)5-2-6-26(9-16)14-11(17(20,21)22)8-23-15(25-14)24-13-4-3-10(7-12(13)19)30(18,28)29/h3-4,7-8,15,24-25,27H,2,5-6,9H2,1H3/t15?,16-/m0/s1. The number of piperidine rings is 1. The molecule has 0 radical (unpaired) electrons. The second-order valence-electron chi connectivity index (χ2n) is 7.33. The zero-order valence-corrected chi connectivity index (χ0v) is 17.2. The van der Waals surface area contributed by atoms with Gasteiger partial charge in [0.1, 0.15) is 17.2 Å². The van der Waals surface area contributed by atoms with E-state index in [-0.39, 0.29) is 24.6 Å². The molecule has 0 aliphatic carbocycles. The number of aliphatic hydroxyl groups is 1. The van der Waals surface area contributed by atoms with E-state index in [1.54, 1.807) is 6.92 Å². The van der Waals surface area contributed by atoms with Crippen LogP contribution >= 0.6 is 10.7 Å². The maximum atomic E-state index is 14.3. The lowest BCUT2D eigenvalue weighted by Gasteiger charge is -2.42. The number of hydrogen-bond donors (Lipinski definition) is 3. The Kier molecular flexibility index (Phi) is 5.95. The Morgan fingerprint density at radius 3 is 2.67 bits per heavy atom. The van der Waals surface area contributed by atoms with Gasteiger partial charge in [0, 0.05) is 30.0 Å². The molecular formula is C17H19ClF4N4O3S. The van der Waals surface area contributed by atoms with E-state index in [2.05, 4.69) is 15.6 Å². The van der Waals surface area contributed by atoms with Crippen LogP contribution in [0.15, 0.2) is 39.5 Å². The van der Waals surface area contributed by atoms with Crippen molar-refractivity contribution in [1.82, 2.24) is 10.2 Å². The molecule has 2 aliphatic rings. The van der Waals surface area contributed by atoms with Gasteiger partial charge in [0.05, 0.1) is 16.2 Å². The Morgan fingerprint density at radius 1 is 1.40 bits per heavy atom. The van der Waals surface area contributed by atoms with Crippen molar-refractivity contribution in [2.45, 2.75) is 42.7 Å². The summed E-state index contributed by atoms with van der Waals surface area (Å²) < 4.78 is 77.3. The van der Waals surface area contributed by atoms with Gasteiger partial charge < -0.3 is 20.6 Å². The number of β-amino-alcohol motifs (C(OH)–C–C–N with tert-alkyl or cyclic N) is 1.